The van der Waals surface area contributed by atoms with E-state index >= 15 is 0 Å². The molecule has 2 aromatic rings. The van der Waals surface area contributed by atoms with Crippen LogP contribution >= 0.6 is 11.8 Å². The summed E-state index contributed by atoms with van der Waals surface area (Å²) in [5.74, 6) is -2.18. The Bertz CT molecular complexity index is 1070. The lowest BCUT2D eigenvalue weighted by atomic mass is 10.1. The van der Waals surface area contributed by atoms with Crippen molar-refractivity contribution in [2.45, 2.75) is 18.6 Å². The van der Waals surface area contributed by atoms with E-state index in [1.54, 1.807) is 0 Å². The number of nitrogens with one attached hydrogen (secondary N) is 1. The van der Waals surface area contributed by atoms with Crippen LogP contribution in [0.2, 0.25) is 0 Å². The zero-order chi connectivity index (χ0) is 22.8. The lowest BCUT2D eigenvalue weighted by Crippen LogP contribution is -2.32. The molecule has 1 aliphatic rings. The van der Waals surface area contributed by atoms with E-state index in [4.69, 9.17) is 15.6 Å². The van der Waals surface area contributed by atoms with E-state index in [2.05, 4.69) is 0 Å². The molecule has 1 atom stereocenters. The van der Waals surface area contributed by atoms with Gasteiger partial charge in [0.05, 0.1) is 10.5 Å². The maximum absolute atomic E-state index is 13.6. The standard InChI is InChI=1S/C20H15F3N2O5S/c21-20(22,23)13-7-11(9-16-17(26)25-19(29)31-16)3-6-15(13)30-12-4-1-10(2-5-12)8-14(24)18(27)28/h1-7,9,14H,8,24H2,(H,27,28)(H,25,26,29)/b16-9+. The number of halogens is 3. The van der Waals surface area contributed by atoms with Gasteiger partial charge in [-0.2, -0.15) is 13.2 Å². The molecule has 11 heteroatoms. The number of aliphatic carboxylic acids is 1. The third-order valence-electron chi connectivity index (χ3n) is 4.17. The van der Waals surface area contributed by atoms with Crippen molar-refractivity contribution < 1.29 is 37.4 Å². The number of hydrogen-bond acceptors (Lipinski definition) is 6. The number of ether oxygens (including phenoxy) is 1. The second-order valence-corrected chi connectivity index (χ2v) is 7.52. The fraction of sp³-hybridized carbons (Fsp3) is 0.150. The van der Waals surface area contributed by atoms with Gasteiger partial charge in [0, 0.05) is 0 Å². The molecule has 0 bridgehead atoms. The molecule has 1 saturated heterocycles. The number of amides is 2. The van der Waals surface area contributed by atoms with E-state index in [0.717, 1.165) is 12.1 Å². The minimum Gasteiger partial charge on any atom is -0.480 e. The SMILES string of the molecule is NC(Cc1ccc(Oc2ccc(/C=C3/SC(=O)NC3=O)cc2C(F)(F)F)cc1)C(=O)O. The Kier molecular flexibility index (Phi) is 6.37. The van der Waals surface area contributed by atoms with Crippen LogP contribution in [0, 0.1) is 0 Å². The van der Waals surface area contributed by atoms with Crippen molar-refractivity contribution in [3.05, 3.63) is 64.1 Å². The molecule has 0 spiro atoms. The summed E-state index contributed by atoms with van der Waals surface area (Å²) < 4.78 is 46.1. The molecule has 7 nitrogen and oxygen atoms in total. The molecule has 0 radical (unpaired) electrons. The first kappa shape index (κ1) is 22.4. The number of benzene rings is 2. The maximum atomic E-state index is 13.6. The molecule has 1 aliphatic heterocycles. The maximum Gasteiger partial charge on any atom is 0.420 e. The Labute approximate surface area is 178 Å². The zero-order valence-corrected chi connectivity index (χ0v) is 16.4. The molecule has 3 rings (SSSR count). The summed E-state index contributed by atoms with van der Waals surface area (Å²) in [6.07, 6.45) is -3.50. The van der Waals surface area contributed by atoms with Crippen molar-refractivity contribution in [2.24, 2.45) is 5.73 Å². The Balaban J connectivity index is 1.84. The van der Waals surface area contributed by atoms with Crippen LogP contribution < -0.4 is 15.8 Å². The molecule has 1 fully saturated rings. The van der Waals surface area contributed by atoms with Crippen LogP contribution in [0.25, 0.3) is 6.08 Å². The normalized spacial score (nSPS) is 16.3. The van der Waals surface area contributed by atoms with E-state index in [0.29, 0.717) is 17.3 Å². The minimum absolute atomic E-state index is 0.0121. The van der Waals surface area contributed by atoms with Crippen molar-refractivity contribution >= 4 is 35.0 Å². The number of alkyl halides is 3. The van der Waals surface area contributed by atoms with Crippen molar-refractivity contribution in [3.63, 3.8) is 0 Å². The first-order chi connectivity index (χ1) is 14.5. The van der Waals surface area contributed by atoms with Gasteiger partial charge in [-0.05, 0) is 59.7 Å². The number of rotatable bonds is 6. The first-order valence-corrected chi connectivity index (χ1v) is 9.56. The van der Waals surface area contributed by atoms with Gasteiger partial charge in [0.2, 0.25) is 0 Å². The molecule has 31 heavy (non-hydrogen) atoms. The zero-order valence-electron chi connectivity index (χ0n) is 15.6. The number of thioether (sulfide) groups is 1. The molecule has 4 N–H and O–H groups in total. The monoisotopic (exact) mass is 452 g/mol. The Morgan fingerprint density at radius 3 is 2.42 bits per heavy atom. The lowest BCUT2D eigenvalue weighted by molar-refractivity contribution is -0.139. The van der Waals surface area contributed by atoms with E-state index in [1.165, 1.54) is 36.4 Å². The number of carboxylic acids is 1. The summed E-state index contributed by atoms with van der Waals surface area (Å²) >= 11 is 0.599. The van der Waals surface area contributed by atoms with Gasteiger partial charge in [0.25, 0.3) is 11.1 Å². The van der Waals surface area contributed by atoms with Gasteiger partial charge in [0.15, 0.2) is 0 Å². The van der Waals surface area contributed by atoms with Gasteiger partial charge < -0.3 is 15.6 Å². The number of imide groups is 1. The molecule has 2 aromatic carbocycles. The van der Waals surface area contributed by atoms with Gasteiger partial charge >= 0.3 is 12.1 Å². The van der Waals surface area contributed by atoms with Gasteiger partial charge in [-0.15, -0.1) is 0 Å². The van der Waals surface area contributed by atoms with Crippen molar-refractivity contribution in [2.75, 3.05) is 0 Å². The Morgan fingerprint density at radius 1 is 1.19 bits per heavy atom. The third-order valence-corrected chi connectivity index (χ3v) is 4.98. The average molecular weight is 452 g/mol. The number of carbonyl (C=O) groups is 3. The lowest BCUT2D eigenvalue weighted by Gasteiger charge is -2.15. The van der Waals surface area contributed by atoms with Gasteiger partial charge in [0.1, 0.15) is 17.5 Å². The first-order valence-electron chi connectivity index (χ1n) is 8.74. The van der Waals surface area contributed by atoms with Crippen molar-refractivity contribution in [1.29, 1.82) is 0 Å². The van der Waals surface area contributed by atoms with Gasteiger partial charge in [-0.1, -0.05) is 18.2 Å². The van der Waals surface area contributed by atoms with Crippen LogP contribution in [0.3, 0.4) is 0 Å². The van der Waals surface area contributed by atoms with Crippen LogP contribution in [0.5, 0.6) is 11.5 Å². The van der Waals surface area contributed by atoms with E-state index in [1.807, 2.05) is 5.32 Å². The molecule has 0 aromatic heterocycles. The predicted molar refractivity (Wildman–Crippen MR) is 106 cm³/mol. The average Bonchev–Trinajstić information content (AvgIpc) is 3.00. The summed E-state index contributed by atoms with van der Waals surface area (Å²) in [5.41, 5.74) is 5.06. The largest absolute Gasteiger partial charge is 0.480 e. The highest BCUT2D eigenvalue weighted by Crippen LogP contribution is 2.39. The van der Waals surface area contributed by atoms with E-state index in [-0.39, 0.29) is 22.6 Å². The second-order valence-electron chi connectivity index (χ2n) is 6.50. The summed E-state index contributed by atoms with van der Waals surface area (Å²) in [7, 11) is 0. The highest BCUT2D eigenvalue weighted by Gasteiger charge is 2.35. The Morgan fingerprint density at radius 2 is 1.87 bits per heavy atom. The molecule has 1 unspecified atom stereocenters. The number of carboxylic acid groups (broad SMARTS) is 1. The highest BCUT2D eigenvalue weighted by molar-refractivity contribution is 8.18. The van der Waals surface area contributed by atoms with E-state index in [9.17, 15) is 27.6 Å². The molecule has 2 amide bonds. The summed E-state index contributed by atoms with van der Waals surface area (Å²) in [6.45, 7) is 0. The van der Waals surface area contributed by atoms with Crippen LogP contribution in [-0.4, -0.2) is 28.3 Å². The summed E-state index contributed by atoms with van der Waals surface area (Å²) in [6, 6.07) is 8.00. The molecular weight excluding hydrogens is 437 g/mol. The van der Waals surface area contributed by atoms with Crippen molar-refractivity contribution in [1.82, 2.24) is 5.32 Å². The molecule has 162 valence electrons. The van der Waals surface area contributed by atoms with Crippen LogP contribution in [0.1, 0.15) is 16.7 Å². The minimum atomic E-state index is -4.74. The molecule has 1 heterocycles. The molecule has 0 aliphatic carbocycles. The number of carbonyl (C=O) groups excluding carboxylic acids is 2. The van der Waals surface area contributed by atoms with E-state index < -0.39 is 40.6 Å². The topological polar surface area (TPSA) is 119 Å². The highest BCUT2D eigenvalue weighted by atomic mass is 32.2. The second kappa shape index (κ2) is 8.82. The quantitative estimate of drug-likeness (QED) is 0.571. The van der Waals surface area contributed by atoms with Crippen LogP contribution in [0.4, 0.5) is 18.0 Å². The van der Waals surface area contributed by atoms with Crippen LogP contribution in [-0.2, 0) is 22.2 Å². The van der Waals surface area contributed by atoms with Gasteiger partial charge in [-0.3, -0.25) is 19.7 Å². The fourth-order valence-corrected chi connectivity index (χ4v) is 3.36. The van der Waals surface area contributed by atoms with Crippen LogP contribution in [0.15, 0.2) is 47.4 Å². The Hall–Kier alpha value is -3.31. The summed E-state index contributed by atoms with van der Waals surface area (Å²) in [5, 5.41) is 10.3. The predicted octanol–water partition coefficient (Wildman–Crippen LogP) is 3.78. The molecule has 0 saturated carbocycles. The smallest absolute Gasteiger partial charge is 0.420 e. The fourth-order valence-electron chi connectivity index (χ4n) is 2.68. The van der Waals surface area contributed by atoms with Crippen molar-refractivity contribution in [3.8, 4) is 11.5 Å². The molecular formula is C20H15F3N2O5S. The number of nitrogens with two attached hydrogens (primary N) is 1. The third kappa shape index (κ3) is 5.64. The number of hydrogen-bond donors (Lipinski definition) is 3. The summed E-state index contributed by atoms with van der Waals surface area (Å²) in [4.78, 5) is 33.6. The van der Waals surface area contributed by atoms with Gasteiger partial charge in [-0.25, -0.2) is 0 Å².